The standard InChI is InChI=1S/C20H27N3O/c1-15(2)17-4-6-20(7-5-17)23-14-19(12-21-23)18-8-10-22(11-9-18)13-16(3)24/h4-8,12,14-16,24H,9-11,13H2,1-3H3. The van der Waals surface area contributed by atoms with E-state index < -0.39 is 0 Å². The first-order chi connectivity index (χ1) is 11.5. The van der Waals surface area contributed by atoms with Crippen LogP contribution in [0.4, 0.5) is 0 Å². The second kappa shape index (κ2) is 7.32. The number of nitrogens with zero attached hydrogens (tertiary/aromatic N) is 3. The third kappa shape index (κ3) is 3.94. The van der Waals surface area contributed by atoms with Gasteiger partial charge < -0.3 is 5.11 Å². The predicted molar refractivity (Wildman–Crippen MR) is 98.4 cm³/mol. The molecule has 1 aromatic carbocycles. The van der Waals surface area contributed by atoms with Gasteiger partial charge in [0.15, 0.2) is 0 Å². The number of rotatable bonds is 5. The van der Waals surface area contributed by atoms with Gasteiger partial charge in [-0.3, -0.25) is 4.90 Å². The lowest BCUT2D eigenvalue weighted by molar-refractivity contribution is 0.133. The Morgan fingerprint density at radius 3 is 2.50 bits per heavy atom. The van der Waals surface area contributed by atoms with E-state index in [0.29, 0.717) is 5.92 Å². The van der Waals surface area contributed by atoms with Gasteiger partial charge in [-0.15, -0.1) is 0 Å². The Hall–Kier alpha value is -1.91. The molecule has 0 fully saturated rings. The molecule has 24 heavy (non-hydrogen) atoms. The quantitative estimate of drug-likeness (QED) is 0.915. The number of aliphatic hydroxyl groups excluding tert-OH is 1. The van der Waals surface area contributed by atoms with Crippen LogP contribution in [0.25, 0.3) is 11.3 Å². The highest BCUT2D eigenvalue weighted by Crippen LogP contribution is 2.23. The van der Waals surface area contributed by atoms with Crippen molar-refractivity contribution in [1.29, 1.82) is 0 Å². The van der Waals surface area contributed by atoms with Crippen LogP contribution in [0.1, 0.15) is 44.2 Å². The second-order valence-corrected chi connectivity index (χ2v) is 7.01. The van der Waals surface area contributed by atoms with Crippen molar-refractivity contribution in [2.45, 2.75) is 39.2 Å². The Kier molecular flexibility index (Phi) is 5.17. The number of hydrogen-bond donors (Lipinski definition) is 1. The number of β-amino-alcohol motifs (C(OH)–C–C–N with tert-alkyl or cyclic N) is 1. The predicted octanol–water partition coefficient (Wildman–Crippen LogP) is 3.47. The third-order valence-corrected chi connectivity index (χ3v) is 4.59. The SMILES string of the molecule is CC(O)CN1CC=C(c2cnn(-c3ccc(C(C)C)cc3)c2)CC1. The van der Waals surface area contributed by atoms with Gasteiger partial charge in [0.25, 0.3) is 0 Å². The van der Waals surface area contributed by atoms with E-state index in [1.807, 2.05) is 17.8 Å². The minimum atomic E-state index is -0.267. The van der Waals surface area contributed by atoms with E-state index in [9.17, 15) is 5.11 Å². The summed E-state index contributed by atoms with van der Waals surface area (Å²) >= 11 is 0. The molecule has 0 saturated heterocycles. The minimum absolute atomic E-state index is 0.267. The fraction of sp³-hybridized carbons (Fsp3) is 0.450. The Morgan fingerprint density at radius 2 is 1.92 bits per heavy atom. The average Bonchev–Trinajstić information content (AvgIpc) is 3.05. The molecule has 1 aliphatic heterocycles. The molecule has 0 amide bonds. The molecular weight excluding hydrogens is 298 g/mol. The highest BCUT2D eigenvalue weighted by Gasteiger charge is 2.15. The van der Waals surface area contributed by atoms with Crippen molar-refractivity contribution in [3.05, 3.63) is 53.9 Å². The van der Waals surface area contributed by atoms with Crippen LogP contribution in [0.2, 0.25) is 0 Å². The molecule has 4 nitrogen and oxygen atoms in total. The van der Waals surface area contributed by atoms with Crippen LogP contribution in [0, 0.1) is 0 Å². The molecule has 2 aromatic rings. The van der Waals surface area contributed by atoms with Gasteiger partial charge in [-0.2, -0.15) is 5.10 Å². The average molecular weight is 325 g/mol. The van der Waals surface area contributed by atoms with Gasteiger partial charge in [-0.05, 0) is 42.5 Å². The normalized spacial score (nSPS) is 17.1. The summed E-state index contributed by atoms with van der Waals surface area (Å²) in [6, 6.07) is 8.61. The monoisotopic (exact) mass is 325 g/mol. The molecule has 3 rings (SSSR count). The molecule has 1 aromatic heterocycles. The zero-order valence-corrected chi connectivity index (χ0v) is 14.8. The van der Waals surface area contributed by atoms with Crippen LogP contribution in [-0.4, -0.2) is 45.5 Å². The van der Waals surface area contributed by atoms with Crippen molar-refractivity contribution >= 4 is 5.57 Å². The number of benzene rings is 1. The second-order valence-electron chi connectivity index (χ2n) is 7.01. The summed E-state index contributed by atoms with van der Waals surface area (Å²) in [7, 11) is 0. The maximum absolute atomic E-state index is 9.49. The van der Waals surface area contributed by atoms with E-state index in [2.05, 4.69) is 60.4 Å². The maximum Gasteiger partial charge on any atom is 0.0646 e. The lowest BCUT2D eigenvalue weighted by Gasteiger charge is -2.26. The highest BCUT2D eigenvalue weighted by molar-refractivity contribution is 5.65. The Bertz CT molecular complexity index is 698. The van der Waals surface area contributed by atoms with E-state index in [1.54, 1.807) is 0 Å². The van der Waals surface area contributed by atoms with Gasteiger partial charge in [-0.25, -0.2) is 4.68 Å². The summed E-state index contributed by atoms with van der Waals surface area (Å²) < 4.78 is 1.95. The summed E-state index contributed by atoms with van der Waals surface area (Å²) in [4.78, 5) is 2.28. The smallest absolute Gasteiger partial charge is 0.0646 e. The van der Waals surface area contributed by atoms with Crippen molar-refractivity contribution in [2.24, 2.45) is 0 Å². The maximum atomic E-state index is 9.49. The number of aromatic nitrogens is 2. The summed E-state index contributed by atoms with van der Waals surface area (Å²) in [5.74, 6) is 0.546. The molecule has 1 aliphatic rings. The zero-order chi connectivity index (χ0) is 17.1. The van der Waals surface area contributed by atoms with Gasteiger partial charge in [0.2, 0.25) is 0 Å². The van der Waals surface area contributed by atoms with E-state index in [0.717, 1.165) is 31.7 Å². The van der Waals surface area contributed by atoms with Gasteiger partial charge in [0.1, 0.15) is 0 Å². The van der Waals surface area contributed by atoms with Crippen molar-refractivity contribution in [2.75, 3.05) is 19.6 Å². The highest BCUT2D eigenvalue weighted by atomic mass is 16.3. The van der Waals surface area contributed by atoms with Crippen molar-refractivity contribution in [3.63, 3.8) is 0 Å². The molecule has 0 bridgehead atoms. The van der Waals surface area contributed by atoms with Crippen molar-refractivity contribution in [3.8, 4) is 5.69 Å². The number of aliphatic hydroxyl groups is 1. The molecule has 0 spiro atoms. The van der Waals surface area contributed by atoms with E-state index in [4.69, 9.17) is 0 Å². The largest absolute Gasteiger partial charge is 0.392 e. The summed E-state index contributed by atoms with van der Waals surface area (Å²) in [6.07, 6.45) is 7.06. The fourth-order valence-electron chi connectivity index (χ4n) is 3.15. The number of hydrogen-bond acceptors (Lipinski definition) is 3. The van der Waals surface area contributed by atoms with Gasteiger partial charge in [0.05, 0.1) is 18.0 Å². The first-order valence-electron chi connectivity index (χ1n) is 8.78. The lowest BCUT2D eigenvalue weighted by Crippen LogP contribution is -2.34. The minimum Gasteiger partial charge on any atom is -0.392 e. The van der Waals surface area contributed by atoms with Crippen molar-refractivity contribution in [1.82, 2.24) is 14.7 Å². The van der Waals surface area contributed by atoms with Crippen LogP contribution in [-0.2, 0) is 0 Å². The fourth-order valence-corrected chi connectivity index (χ4v) is 3.15. The Labute approximate surface area is 144 Å². The van der Waals surface area contributed by atoms with Crippen LogP contribution in [0.5, 0.6) is 0 Å². The Morgan fingerprint density at radius 1 is 1.17 bits per heavy atom. The molecular formula is C20H27N3O. The van der Waals surface area contributed by atoms with Crippen molar-refractivity contribution < 1.29 is 5.11 Å². The molecule has 128 valence electrons. The van der Waals surface area contributed by atoms with E-state index in [-0.39, 0.29) is 6.10 Å². The van der Waals surface area contributed by atoms with Crippen LogP contribution in [0.3, 0.4) is 0 Å². The van der Waals surface area contributed by atoms with Crippen LogP contribution < -0.4 is 0 Å². The molecule has 0 radical (unpaired) electrons. The molecule has 0 aliphatic carbocycles. The Balaban J connectivity index is 1.71. The molecule has 4 heteroatoms. The third-order valence-electron chi connectivity index (χ3n) is 4.59. The summed E-state index contributed by atoms with van der Waals surface area (Å²) in [5.41, 5.74) is 4.98. The zero-order valence-electron chi connectivity index (χ0n) is 14.8. The molecule has 1 atom stereocenters. The van der Waals surface area contributed by atoms with Gasteiger partial charge >= 0.3 is 0 Å². The summed E-state index contributed by atoms with van der Waals surface area (Å²) in [5, 5.41) is 14.0. The summed E-state index contributed by atoms with van der Waals surface area (Å²) in [6.45, 7) is 8.88. The topological polar surface area (TPSA) is 41.3 Å². The van der Waals surface area contributed by atoms with E-state index in [1.165, 1.54) is 16.7 Å². The molecule has 1 unspecified atom stereocenters. The first-order valence-corrected chi connectivity index (χ1v) is 8.78. The molecule has 1 N–H and O–H groups in total. The molecule has 0 saturated carbocycles. The lowest BCUT2D eigenvalue weighted by atomic mass is 10.0. The van der Waals surface area contributed by atoms with Gasteiger partial charge in [-0.1, -0.05) is 32.1 Å². The van der Waals surface area contributed by atoms with Crippen LogP contribution in [0.15, 0.2) is 42.7 Å². The first kappa shape index (κ1) is 16.9. The molecule has 2 heterocycles. The van der Waals surface area contributed by atoms with E-state index >= 15 is 0 Å². The van der Waals surface area contributed by atoms with Crippen LogP contribution >= 0.6 is 0 Å². The van der Waals surface area contributed by atoms with Gasteiger partial charge in [0, 0.05) is 31.4 Å².